The smallest absolute Gasteiger partial charge is 0.145 e. The number of hydrogen-bond donors (Lipinski definition) is 0. The number of fused-ring (bicyclic) bond motifs is 1. The van der Waals surface area contributed by atoms with Gasteiger partial charge < -0.3 is 4.57 Å². The first-order valence-electron chi connectivity index (χ1n) is 5.88. The summed E-state index contributed by atoms with van der Waals surface area (Å²) in [4.78, 5) is 4.43. The van der Waals surface area contributed by atoms with Crippen molar-refractivity contribution in [3.8, 4) is 17.5 Å². The fourth-order valence-corrected chi connectivity index (χ4v) is 2.15. The molecule has 19 heavy (non-hydrogen) atoms. The van der Waals surface area contributed by atoms with Crippen LogP contribution in [0.4, 0.5) is 4.39 Å². The highest BCUT2D eigenvalue weighted by molar-refractivity contribution is 5.80. The third-order valence-electron chi connectivity index (χ3n) is 3.00. The molecular weight excluding hydrogens is 241 g/mol. The Morgan fingerprint density at radius 2 is 1.84 bits per heavy atom. The van der Waals surface area contributed by atoms with E-state index in [0.29, 0.717) is 11.4 Å². The maximum absolute atomic E-state index is 13.9. The molecule has 0 saturated heterocycles. The predicted molar refractivity (Wildman–Crippen MR) is 70.7 cm³/mol. The quantitative estimate of drug-likeness (QED) is 0.700. The molecule has 0 bridgehead atoms. The Morgan fingerprint density at radius 3 is 2.63 bits per heavy atom. The van der Waals surface area contributed by atoms with Gasteiger partial charge in [0.25, 0.3) is 0 Å². The van der Waals surface area contributed by atoms with E-state index in [0.717, 1.165) is 11.0 Å². The predicted octanol–water partition coefficient (Wildman–Crippen LogP) is 3.37. The van der Waals surface area contributed by atoms with Crippen LogP contribution >= 0.6 is 0 Å². The minimum atomic E-state index is -0.336. The van der Waals surface area contributed by atoms with Crippen LogP contribution in [0.15, 0.2) is 48.5 Å². The van der Waals surface area contributed by atoms with Crippen LogP contribution < -0.4 is 0 Å². The molecule has 1 aromatic heterocycles. The van der Waals surface area contributed by atoms with Gasteiger partial charge >= 0.3 is 0 Å². The van der Waals surface area contributed by atoms with Gasteiger partial charge in [-0.2, -0.15) is 5.26 Å². The van der Waals surface area contributed by atoms with Crippen molar-refractivity contribution in [3.05, 3.63) is 54.3 Å². The molecule has 0 aliphatic carbocycles. The van der Waals surface area contributed by atoms with E-state index in [9.17, 15) is 4.39 Å². The summed E-state index contributed by atoms with van der Waals surface area (Å²) in [6.07, 6.45) is 0. The highest BCUT2D eigenvalue weighted by Crippen LogP contribution is 2.26. The van der Waals surface area contributed by atoms with E-state index < -0.39 is 0 Å². The fraction of sp³-hybridized carbons (Fsp3) is 0.0667. The summed E-state index contributed by atoms with van der Waals surface area (Å²) in [5, 5.41) is 8.95. The maximum atomic E-state index is 13.9. The number of imidazole rings is 1. The van der Waals surface area contributed by atoms with Crippen molar-refractivity contribution in [1.82, 2.24) is 9.55 Å². The summed E-state index contributed by atoms with van der Waals surface area (Å²) in [6, 6.07) is 16.0. The van der Waals surface area contributed by atoms with E-state index in [2.05, 4.69) is 11.1 Å². The summed E-state index contributed by atoms with van der Waals surface area (Å²) < 4.78 is 15.6. The van der Waals surface area contributed by atoms with Crippen molar-refractivity contribution in [2.24, 2.45) is 0 Å². The van der Waals surface area contributed by atoms with Crippen molar-refractivity contribution in [1.29, 1.82) is 5.26 Å². The molecule has 2 aromatic carbocycles. The van der Waals surface area contributed by atoms with Gasteiger partial charge in [-0.3, -0.25) is 0 Å². The highest BCUT2D eigenvalue weighted by Gasteiger charge is 2.14. The minimum Gasteiger partial charge on any atom is -0.310 e. The molecule has 0 fully saturated rings. The molecule has 0 aliphatic heterocycles. The van der Waals surface area contributed by atoms with Crippen molar-refractivity contribution >= 4 is 11.0 Å². The summed E-state index contributed by atoms with van der Waals surface area (Å²) in [7, 11) is 0. The van der Waals surface area contributed by atoms with Gasteiger partial charge in [-0.1, -0.05) is 24.3 Å². The molecular formula is C15H10FN3. The third kappa shape index (κ3) is 1.85. The zero-order valence-electron chi connectivity index (χ0n) is 10.0. The number of halogens is 1. The summed E-state index contributed by atoms with van der Waals surface area (Å²) in [5.41, 5.74) is 2.01. The molecule has 0 atom stereocenters. The van der Waals surface area contributed by atoms with E-state index in [1.54, 1.807) is 22.8 Å². The maximum Gasteiger partial charge on any atom is 0.145 e. The number of rotatable bonds is 2. The van der Waals surface area contributed by atoms with Crippen LogP contribution in [0.2, 0.25) is 0 Å². The topological polar surface area (TPSA) is 41.6 Å². The van der Waals surface area contributed by atoms with E-state index in [1.807, 2.05) is 24.3 Å². The van der Waals surface area contributed by atoms with Gasteiger partial charge in [-0.05, 0) is 24.3 Å². The molecule has 0 radical (unpaired) electrons. The number of hydrogen-bond acceptors (Lipinski definition) is 2. The van der Waals surface area contributed by atoms with Crippen LogP contribution in [0.25, 0.3) is 22.4 Å². The van der Waals surface area contributed by atoms with Crippen LogP contribution in [0.3, 0.4) is 0 Å². The van der Waals surface area contributed by atoms with Crippen molar-refractivity contribution in [2.45, 2.75) is 6.54 Å². The lowest BCUT2D eigenvalue weighted by Crippen LogP contribution is -1.99. The summed E-state index contributed by atoms with van der Waals surface area (Å²) in [6.45, 7) is 0.143. The van der Waals surface area contributed by atoms with E-state index in [4.69, 9.17) is 5.26 Å². The zero-order valence-corrected chi connectivity index (χ0v) is 10.0. The molecule has 0 aliphatic rings. The molecule has 0 N–H and O–H groups in total. The molecule has 3 aromatic rings. The zero-order chi connectivity index (χ0) is 13.2. The van der Waals surface area contributed by atoms with Crippen LogP contribution in [0.5, 0.6) is 0 Å². The van der Waals surface area contributed by atoms with E-state index >= 15 is 0 Å². The molecule has 0 spiro atoms. The van der Waals surface area contributed by atoms with Crippen molar-refractivity contribution < 1.29 is 4.39 Å². The fourth-order valence-electron chi connectivity index (χ4n) is 2.15. The normalized spacial score (nSPS) is 10.5. The van der Waals surface area contributed by atoms with Crippen molar-refractivity contribution in [3.63, 3.8) is 0 Å². The number of para-hydroxylation sites is 2. The average Bonchev–Trinajstić information content (AvgIpc) is 2.79. The number of aromatic nitrogens is 2. The van der Waals surface area contributed by atoms with E-state index in [1.165, 1.54) is 6.07 Å². The molecule has 0 saturated carbocycles. The first-order chi connectivity index (χ1) is 9.31. The van der Waals surface area contributed by atoms with Gasteiger partial charge in [0.1, 0.15) is 18.2 Å². The molecule has 92 valence electrons. The molecule has 0 unspecified atom stereocenters. The average molecular weight is 251 g/mol. The first-order valence-corrected chi connectivity index (χ1v) is 5.88. The molecule has 4 heteroatoms. The Labute approximate surface area is 109 Å². The Hall–Kier alpha value is -2.67. The van der Waals surface area contributed by atoms with Crippen LogP contribution in [-0.2, 0) is 6.54 Å². The molecule has 3 nitrogen and oxygen atoms in total. The number of nitriles is 1. The monoisotopic (exact) mass is 251 g/mol. The second-order valence-corrected chi connectivity index (χ2v) is 4.15. The standard InChI is InChI=1S/C15H10FN3/c16-12-6-2-1-5-11(12)15-18-13-7-3-4-8-14(13)19(15)10-9-17/h1-8H,10H2. The SMILES string of the molecule is N#CCn1c(-c2ccccc2F)nc2ccccc21. The third-order valence-corrected chi connectivity index (χ3v) is 3.00. The molecule has 3 rings (SSSR count). The Balaban J connectivity index is 2.32. The van der Waals surface area contributed by atoms with Crippen LogP contribution in [-0.4, -0.2) is 9.55 Å². The van der Waals surface area contributed by atoms with Crippen LogP contribution in [0.1, 0.15) is 0 Å². The molecule has 0 amide bonds. The van der Waals surface area contributed by atoms with Gasteiger partial charge in [0.2, 0.25) is 0 Å². The van der Waals surface area contributed by atoms with Crippen molar-refractivity contribution in [2.75, 3.05) is 0 Å². The summed E-state index contributed by atoms with van der Waals surface area (Å²) in [5.74, 6) is 0.151. The lowest BCUT2D eigenvalue weighted by atomic mass is 10.2. The van der Waals surface area contributed by atoms with Gasteiger partial charge in [0, 0.05) is 0 Å². The lowest BCUT2D eigenvalue weighted by Gasteiger charge is -2.05. The first kappa shape index (κ1) is 11.4. The van der Waals surface area contributed by atoms with Gasteiger partial charge in [0.05, 0.1) is 22.7 Å². The second-order valence-electron chi connectivity index (χ2n) is 4.15. The van der Waals surface area contributed by atoms with Gasteiger partial charge in [-0.25, -0.2) is 9.37 Å². The van der Waals surface area contributed by atoms with Crippen LogP contribution in [0, 0.1) is 17.1 Å². The second kappa shape index (κ2) is 4.54. The summed E-state index contributed by atoms with van der Waals surface area (Å²) >= 11 is 0. The minimum absolute atomic E-state index is 0.143. The number of nitrogens with zero attached hydrogens (tertiary/aromatic N) is 3. The largest absolute Gasteiger partial charge is 0.310 e. The Kier molecular flexibility index (Phi) is 2.73. The lowest BCUT2D eigenvalue weighted by molar-refractivity contribution is 0.628. The molecule has 1 heterocycles. The Bertz CT molecular complexity index is 783. The van der Waals surface area contributed by atoms with Gasteiger partial charge in [0.15, 0.2) is 0 Å². The Morgan fingerprint density at radius 1 is 1.11 bits per heavy atom. The van der Waals surface area contributed by atoms with E-state index in [-0.39, 0.29) is 12.4 Å². The highest BCUT2D eigenvalue weighted by atomic mass is 19.1. The van der Waals surface area contributed by atoms with Gasteiger partial charge in [-0.15, -0.1) is 0 Å². The number of benzene rings is 2.